The number of hydrogen-bond donors (Lipinski definition) is 2. The summed E-state index contributed by atoms with van der Waals surface area (Å²) in [6, 6.07) is 8.33. The van der Waals surface area contributed by atoms with E-state index in [-0.39, 0.29) is 0 Å². The molecular weight excluding hydrogens is 254 g/mol. The molecule has 0 saturated heterocycles. The predicted octanol–water partition coefficient (Wildman–Crippen LogP) is 2.90. The van der Waals surface area contributed by atoms with Gasteiger partial charge in [0.1, 0.15) is 16.7 Å². The molecule has 1 heterocycles. The Morgan fingerprint density at radius 2 is 2.17 bits per heavy atom. The molecule has 18 heavy (non-hydrogen) atoms. The number of rotatable bonds is 3. The van der Waals surface area contributed by atoms with Gasteiger partial charge in [-0.25, -0.2) is 9.78 Å². The minimum absolute atomic E-state index is 0.366. The highest BCUT2D eigenvalue weighted by atomic mass is 32.1. The van der Waals surface area contributed by atoms with Crippen molar-refractivity contribution < 1.29 is 14.6 Å². The lowest BCUT2D eigenvalue weighted by Gasteiger charge is -2.03. The lowest BCUT2D eigenvalue weighted by molar-refractivity contribution is 0.209. The molecule has 2 rings (SSSR count). The van der Waals surface area contributed by atoms with Crippen molar-refractivity contribution in [1.29, 1.82) is 5.26 Å². The molecule has 90 valence electrons. The van der Waals surface area contributed by atoms with Gasteiger partial charge in [0.2, 0.25) is 0 Å². The molecule has 2 aromatic rings. The number of aromatic nitrogens is 1. The molecule has 0 saturated carbocycles. The van der Waals surface area contributed by atoms with Gasteiger partial charge in [0.05, 0.1) is 6.20 Å². The predicted molar refractivity (Wildman–Crippen MR) is 65.0 cm³/mol. The number of anilines is 1. The Morgan fingerprint density at radius 3 is 2.72 bits per heavy atom. The summed E-state index contributed by atoms with van der Waals surface area (Å²) in [5, 5.41) is 19.7. The van der Waals surface area contributed by atoms with Gasteiger partial charge in [-0.3, -0.25) is 5.32 Å². The fourth-order valence-corrected chi connectivity index (χ4v) is 1.77. The summed E-state index contributed by atoms with van der Waals surface area (Å²) >= 11 is 1.14. The molecule has 1 amide bonds. The summed E-state index contributed by atoms with van der Waals surface area (Å²) in [6.45, 7) is 0. The Bertz CT molecular complexity index is 601. The number of nitrogens with zero attached hydrogens (tertiary/aromatic N) is 2. The van der Waals surface area contributed by atoms with Crippen LogP contribution in [0.5, 0.6) is 10.9 Å². The van der Waals surface area contributed by atoms with Crippen LogP contribution in [0, 0.1) is 11.3 Å². The molecule has 6 nitrogen and oxygen atoms in total. The molecule has 0 atom stereocenters. The molecule has 7 heteroatoms. The van der Waals surface area contributed by atoms with Crippen molar-refractivity contribution in [3.05, 3.63) is 35.3 Å². The standard InChI is InChI=1S/C11H7N3O3S/c12-5-9-6-13-11(18-9)17-8-3-1-7(2-4-8)14-10(15)16/h1-4,6,14H,(H,15,16). The molecule has 2 N–H and O–H groups in total. The monoisotopic (exact) mass is 261 g/mol. The second-order valence-corrected chi connectivity index (χ2v) is 4.15. The molecule has 1 aromatic heterocycles. The van der Waals surface area contributed by atoms with Crippen LogP contribution in [0.4, 0.5) is 10.5 Å². The van der Waals surface area contributed by atoms with E-state index in [0.717, 1.165) is 11.3 Å². The number of benzene rings is 1. The Hall–Kier alpha value is -2.59. The average Bonchev–Trinajstić information content (AvgIpc) is 2.79. The third kappa shape index (κ3) is 2.96. The number of nitriles is 1. The van der Waals surface area contributed by atoms with Crippen molar-refractivity contribution in [1.82, 2.24) is 4.98 Å². The summed E-state index contributed by atoms with van der Waals surface area (Å²) in [4.78, 5) is 14.8. The van der Waals surface area contributed by atoms with Crippen molar-refractivity contribution in [2.24, 2.45) is 0 Å². The number of amides is 1. The maximum atomic E-state index is 10.4. The average molecular weight is 261 g/mol. The van der Waals surface area contributed by atoms with Gasteiger partial charge in [-0.05, 0) is 24.3 Å². The Balaban J connectivity index is 2.06. The zero-order valence-corrected chi connectivity index (χ0v) is 9.77. The lowest BCUT2D eigenvalue weighted by atomic mass is 10.3. The van der Waals surface area contributed by atoms with Crippen LogP contribution in [0.3, 0.4) is 0 Å². The first-order valence-electron chi connectivity index (χ1n) is 4.81. The van der Waals surface area contributed by atoms with Crippen molar-refractivity contribution in [3.8, 4) is 17.0 Å². The zero-order chi connectivity index (χ0) is 13.0. The normalized spacial score (nSPS) is 9.50. The first kappa shape index (κ1) is 11.9. The number of thiazole rings is 1. The number of carboxylic acid groups (broad SMARTS) is 1. The largest absolute Gasteiger partial charge is 0.465 e. The van der Waals surface area contributed by atoms with E-state index in [9.17, 15) is 4.79 Å². The van der Waals surface area contributed by atoms with Gasteiger partial charge in [0.25, 0.3) is 5.19 Å². The molecule has 0 aliphatic rings. The minimum atomic E-state index is -1.12. The summed E-state index contributed by atoms with van der Waals surface area (Å²) in [6.07, 6.45) is 0.308. The van der Waals surface area contributed by atoms with Crippen LogP contribution in [0.15, 0.2) is 30.5 Å². The van der Waals surface area contributed by atoms with E-state index in [1.54, 1.807) is 24.3 Å². The first-order valence-corrected chi connectivity index (χ1v) is 5.63. The zero-order valence-electron chi connectivity index (χ0n) is 8.95. The van der Waals surface area contributed by atoms with Gasteiger partial charge in [-0.2, -0.15) is 5.26 Å². The number of carbonyl (C=O) groups is 1. The van der Waals surface area contributed by atoms with Crippen molar-refractivity contribution in [3.63, 3.8) is 0 Å². The van der Waals surface area contributed by atoms with E-state index >= 15 is 0 Å². The van der Waals surface area contributed by atoms with E-state index in [1.807, 2.05) is 6.07 Å². The molecule has 0 aliphatic heterocycles. The van der Waals surface area contributed by atoms with E-state index in [0.29, 0.717) is 21.5 Å². The second kappa shape index (κ2) is 5.16. The third-order valence-electron chi connectivity index (χ3n) is 1.91. The number of ether oxygens (including phenoxy) is 1. The topological polar surface area (TPSA) is 95.2 Å². The first-order chi connectivity index (χ1) is 8.67. The van der Waals surface area contributed by atoms with E-state index < -0.39 is 6.09 Å². The van der Waals surface area contributed by atoms with Gasteiger partial charge < -0.3 is 9.84 Å². The fourth-order valence-electron chi connectivity index (χ4n) is 1.19. The molecule has 0 spiro atoms. The van der Waals surface area contributed by atoms with Gasteiger partial charge in [0.15, 0.2) is 0 Å². The van der Waals surface area contributed by atoms with E-state index in [1.165, 1.54) is 6.20 Å². The lowest BCUT2D eigenvalue weighted by Crippen LogP contribution is -2.06. The van der Waals surface area contributed by atoms with Crippen LogP contribution < -0.4 is 10.1 Å². The van der Waals surface area contributed by atoms with Crippen LogP contribution in [0.2, 0.25) is 0 Å². The molecule has 0 bridgehead atoms. The van der Waals surface area contributed by atoms with Gasteiger partial charge >= 0.3 is 6.09 Å². The van der Waals surface area contributed by atoms with Crippen LogP contribution in [-0.4, -0.2) is 16.2 Å². The van der Waals surface area contributed by atoms with Crippen molar-refractivity contribution >= 4 is 23.1 Å². The Morgan fingerprint density at radius 1 is 1.44 bits per heavy atom. The minimum Gasteiger partial charge on any atom is -0.465 e. The molecule has 0 aliphatic carbocycles. The van der Waals surface area contributed by atoms with Gasteiger partial charge in [-0.1, -0.05) is 11.3 Å². The maximum absolute atomic E-state index is 10.4. The van der Waals surface area contributed by atoms with Crippen molar-refractivity contribution in [2.45, 2.75) is 0 Å². The molecule has 1 aromatic carbocycles. The third-order valence-corrected chi connectivity index (χ3v) is 2.69. The van der Waals surface area contributed by atoms with Gasteiger partial charge in [-0.15, -0.1) is 0 Å². The smallest absolute Gasteiger partial charge is 0.409 e. The summed E-state index contributed by atoms with van der Waals surface area (Å²) in [5.74, 6) is 0.518. The summed E-state index contributed by atoms with van der Waals surface area (Å²) in [7, 11) is 0. The summed E-state index contributed by atoms with van der Waals surface area (Å²) < 4.78 is 5.40. The molecule has 0 fully saturated rings. The quantitative estimate of drug-likeness (QED) is 0.885. The fraction of sp³-hybridized carbons (Fsp3) is 0. The highest BCUT2D eigenvalue weighted by Crippen LogP contribution is 2.26. The molecule has 0 radical (unpaired) electrons. The van der Waals surface area contributed by atoms with Crippen LogP contribution in [-0.2, 0) is 0 Å². The molecular formula is C11H7N3O3S. The van der Waals surface area contributed by atoms with E-state index in [2.05, 4.69) is 10.3 Å². The second-order valence-electron chi connectivity index (χ2n) is 3.16. The maximum Gasteiger partial charge on any atom is 0.409 e. The van der Waals surface area contributed by atoms with Crippen molar-refractivity contribution in [2.75, 3.05) is 5.32 Å². The Labute approximate surface area is 106 Å². The molecule has 0 unspecified atom stereocenters. The Kier molecular flexibility index (Phi) is 3.41. The van der Waals surface area contributed by atoms with Crippen LogP contribution >= 0.6 is 11.3 Å². The summed E-state index contributed by atoms with van der Waals surface area (Å²) in [5.41, 5.74) is 0.451. The number of hydrogen-bond acceptors (Lipinski definition) is 5. The SMILES string of the molecule is N#Cc1cnc(Oc2ccc(NC(=O)O)cc2)s1. The highest BCUT2D eigenvalue weighted by molar-refractivity contribution is 7.13. The highest BCUT2D eigenvalue weighted by Gasteiger charge is 2.04. The van der Waals surface area contributed by atoms with Crippen LogP contribution in [0.25, 0.3) is 0 Å². The van der Waals surface area contributed by atoms with E-state index in [4.69, 9.17) is 15.1 Å². The van der Waals surface area contributed by atoms with Crippen LogP contribution in [0.1, 0.15) is 4.88 Å². The number of nitrogens with one attached hydrogen (secondary N) is 1. The van der Waals surface area contributed by atoms with Gasteiger partial charge in [0, 0.05) is 5.69 Å².